The Morgan fingerprint density at radius 1 is 1.54 bits per heavy atom. The molecule has 0 aliphatic carbocycles. The van der Waals surface area contributed by atoms with Gasteiger partial charge < -0.3 is 5.11 Å². The van der Waals surface area contributed by atoms with E-state index < -0.39 is 22.9 Å². The van der Waals surface area contributed by atoms with Crippen molar-refractivity contribution >= 4 is 23.9 Å². The third-order valence-electron chi connectivity index (χ3n) is 1.47. The highest BCUT2D eigenvalue weighted by Gasteiger charge is 2.16. The number of halogens is 2. The van der Waals surface area contributed by atoms with E-state index in [1.165, 1.54) is 0 Å². The average Bonchev–Trinajstić information content (AvgIpc) is 2.04. The predicted octanol–water partition coefficient (Wildman–Crippen LogP) is 1.99. The molecule has 0 atom stereocenters. The SMILES string of the molecule is O=Cc1c(Cl)ccc(C(=O)O)c1F. The number of aldehydes is 1. The van der Waals surface area contributed by atoms with E-state index in [9.17, 15) is 14.0 Å². The first kappa shape index (κ1) is 9.67. The molecule has 0 bridgehead atoms. The van der Waals surface area contributed by atoms with Gasteiger partial charge in [0.2, 0.25) is 0 Å². The molecule has 1 rings (SSSR count). The summed E-state index contributed by atoms with van der Waals surface area (Å²) >= 11 is 5.44. The van der Waals surface area contributed by atoms with Crippen LogP contribution in [0.25, 0.3) is 0 Å². The lowest BCUT2D eigenvalue weighted by molar-refractivity contribution is 0.0692. The third-order valence-corrected chi connectivity index (χ3v) is 1.80. The first-order chi connectivity index (χ1) is 6.07. The van der Waals surface area contributed by atoms with Crippen LogP contribution in [0.5, 0.6) is 0 Å². The van der Waals surface area contributed by atoms with Gasteiger partial charge in [0.15, 0.2) is 6.29 Å². The summed E-state index contributed by atoms with van der Waals surface area (Å²) in [5.74, 6) is -2.53. The maximum atomic E-state index is 13.1. The molecule has 0 saturated carbocycles. The van der Waals surface area contributed by atoms with Crippen LogP contribution in [-0.4, -0.2) is 17.4 Å². The molecule has 0 aliphatic rings. The molecule has 0 aliphatic heterocycles. The van der Waals surface area contributed by atoms with Gasteiger partial charge in [0.25, 0.3) is 0 Å². The number of carboxylic acid groups (broad SMARTS) is 1. The molecule has 13 heavy (non-hydrogen) atoms. The minimum Gasteiger partial charge on any atom is -0.478 e. The smallest absolute Gasteiger partial charge is 0.338 e. The van der Waals surface area contributed by atoms with Crippen molar-refractivity contribution < 1.29 is 19.1 Å². The van der Waals surface area contributed by atoms with E-state index in [2.05, 4.69) is 0 Å². The fourth-order valence-corrected chi connectivity index (χ4v) is 1.03. The summed E-state index contributed by atoms with van der Waals surface area (Å²) in [5, 5.41) is 8.38. The fraction of sp³-hybridized carbons (Fsp3) is 0. The second-order valence-electron chi connectivity index (χ2n) is 2.25. The third kappa shape index (κ3) is 1.67. The molecule has 68 valence electrons. The number of carboxylic acids is 1. The van der Waals surface area contributed by atoms with Crippen LogP contribution in [0.4, 0.5) is 4.39 Å². The van der Waals surface area contributed by atoms with Crippen molar-refractivity contribution in [2.24, 2.45) is 0 Å². The van der Waals surface area contributed by atoms with Gasteiger partial charge in [-0.25, -0.2) is 9.18 Å². The van der Waals surface area contributed by atoms with Gasteiger partial charge in [-0.05, 0) is 12.1 Å². The van der Waals surface area contributed by atoms with Crippen molar-refractivity contribution in [1.29, 1.82) is 0 Å². The first-order valence-corrected chi connectivity index (χ1v) is 3.62. The van der Waals surface area contributed by atoms with Crippen LogP contribution in [0.1, 0.15) is 20.7 Å². The molecule has 1 aromatic rings. The van der Waals surface area contributed by atoms with Crippen LogP contribution < -0.4 is 0 Å². The Morgan fingerprint density at radius 3 is 2.62 bits per heavy atom. The summed E-state index contributed by atoms with van der Waals surface area (Å²) in [5.41, 5.74) is -0.993. The second kappa shape index (κ2) is 3.53. The summed E-state index contributed by atoms with van der Waals surface area (Å²) in [6.45, 7) is 0. The summed E-state index contributed by atoms with van der Waals surface area (Å²) in [6.07, 6.45) is 0.185. The van der Waals surface area contributed by atoms with Crippen molar-refractivity contribution in [1.82, 2.24) is 0 Å². The van der Waals surface area contributed by atoms with Crippen molar-refractivity contribution in [3.05, 3.63) is 34.1 Å². The van der Waals surface area contributed by atoms with E-state index in [0.717, 1.165) is 12.1 Å². The minimum absolute atomic E-state index is 0.0995. The zero-order valence-electron chi connectivity index (χ0n) is 6.25. The van der Waals surface area contributed by atoms with Crippen LogP contribution in [0.2, 0.25) is 5.02 Å². The zero-order chi connectivity index (χ0) is 10.0. The summed E-state index contributed by atoms with van der Waals surface area (Å²) < 4.78 is 13.1. The fourth-order valence-electron chi connectivity index (χ4n) is 0.843. The molecule has 0 aromatic heterocycles. The molecule has 0 saturated heterocycles. The topological polar surface area (TPSA) is 54.4 Å². The molecule has 0 unspecified atom stereocenters. The lowest BCUT2D eigenvalue weighted by Crippen LogP contribution is -2.03. The highest BCUT2D eigenvalue weighted by molar-refractivity contribution is 6.33. The van der Waals surface area contributed by atoms with E-state index in [-0.39, 0.29) is 11.3 Å². The Morgan fingerprint density at radius 2 is 2.15 bits per heavy atom. The molecule has 0 heterocycles. The number of aromatic carboxylic acids is 1. The van der Waals surface area contributed by atoms with Crippen LogP contribution >= 0.6 is 11.6 Å². The maximum Gasteiger partial charge on any atom is 0.338 e. The normalized spacial score (nSPS) is 9.69. The van der Waals surface area contributed by atoms with Gasteiger partial charge in [0.05, 0.1) is 16.1 Å². The van der Waals surface area contributed by atoms with Crippen molar-refractivity contribution in [2.75, 3.05) is 0 Å². The van der Waals surface area contributed by atoms with E-state index in [1.54, 1.807) is 0 Å². The van der Waals surface area contributed by atoms with Gasteiger partial charge >= 0.3 is 5.97 Å². The Kier molecular flexibility index (Phi) is 2.63. The van der Waals surface area contributed by atoms with E-state index in [1.807, 2.05) is 0 Å². The highest BCUT2D eigenvalue weighted by Crippen LogP contribution is 2.20. The Balaban J connectivity index is 3.44. The average molecular weight is 203 g/mol. The highest BCUT2D eigenvalue weighted by atomic mass is 35.5. The zero-order valence-corrected chi connectivity index (χ0v) is 7.01. The molecule has 1 N–H and O–H groups in total. The minimum atomic E-state index is -1.43. The van der Waals surface area contributed by atoms with Crippen molar-refractivity contribution in [3.8, 4) is 0 Å². The summed E-state index contributed by atoms with van der Waals surface area (Å²) in [7, 11) is 0. The van der Waals surface area contributed by atoms with E-state index in [4.69, 9.17) is 16.7 Å². The van der Waals surface area contributed by atoms with Crippen molar-refractivity contribution in [3.63, 3.8) is 0 Å². The molecule has 1 aromatic carbocycles. The molecular weight excluding hydrogens is 199 g/mol. The number of carbonyl (C=O) groups excluding carboxylic acids is 1. The lowest BCUT2D eigenvalue weighted by atomic mass is 10.1. The maximum absolute atomic E-state index is 13.1. The van der Waals surface area contributed by atoms with E-state index >= 15 is 0 Å². The quantitative estimate of drug-likeness (QED) is 0.747. The molecule has 5 heteroatoms. The van der Waals surface area contributed by atoms with Crippen molar-refractivity contribution in [2.45, 2.75) is 0 Å². The van der Waals surface area contributed by atoms with Gasteiger partial charge in [-0.2, -0.15) is 0 Å². The van der Waals surface area contributed by atoms with Crippen LogP contribution in [-0.2, 0) is 0 Å². The summed E-state index contributed by atoms with van der Waals surface area (Å²) in [4.78, 5) is 20.7. The van der Waals surface area contributed by atoms with Gasteiger partial charge in [0, 0.05) is 0 Å². The number of carbonyl (C=O) groups is 2. The Labute approximate surface area is 77.7 Å². The largest absolute Gasteiger partial charge is 0.478 e. The second-order valence-corrected chi connectivity index (χ2v) is 2.65. The number of rotatable bonds is 2. The lowest BCUT2D eigenvalue weighted by Gasteiger charge is -2.01. The van der Waals surface area contributed by atoms with Gasteiger partial charge in [-0.3, -0.25) is 4.79 Å². The Hall–Kier alpha value is -1.42. The molecule has 3 nitrogen and oxygen atoms in total. The van der Waals surface area contributed by atoms with Crippen LogP contribution in [0, 0.1) is 5.82 Å². The standard InChI is InChI=1S/C8H4ClFO3/c9-6-2-1-4(8(12)13)7(10)5(6)3-11/h1-3H,(H,12,13). The monoisotopic (exact) mass is 202 g/mol. The molecule has 0 fully saturated rings. The number of hydrogen-bond acceptors (Lipinski definition) is 2. The van der Waals surface area contributed by atoms with Crippen LogP contribution in [0.3, 0.4) is 0 Å². The first-order valence-electron chi connectivity index (χ1n) is 3.24. The molecule has 0 radical (unpaired) electrons. The number of benzene rings is 1. The van der Waals surface area contributed by atoms with Gasteiger partial charge in [-0.1, -0.05) is 11.6 Å². The van der Waals surface area contributed by atoms with Gasteiger partial charge in [-0.15, -0.1) is 0 Å². The predicted molar refractivity (Wildman–Crippen MR) is 43.8 cm³/mol. The van der Waals surface area contributed by atoms with E-state index in [0.29, 0.717) is 0 Å². The molecule has 0 spiro atoms. The van der Waals surface area contributed by atoms with Gasteiger partial charge in [0.1, 0.15) is 5.82 Å². The van der Waals surface area contributed by atoms with Crippen LogP contribution in [0.15, 0.2) is 12.1 Å². The Bertz CT molecular complexity index is 376. The molecular formula is C8H4ClFO3. The number of hydrogen-bond donors (Lipinski definition) is 1. The molecule has 0 amide bonds. The summed E-state index contributed by atoms with van der Waals surface area (Å²) in [6, 6.07) is 2.17.